The van der Waals surface area contributed by atoms with Crippen molar-refractivity contribution >= 4 is 5.69 Å². The maximum atomic E-state index is 5.93. The van der Waals surface area contributed by atoms with E-state index in [1.807, 2.05) is 0 Å². The fraction of sp³-hybridized carbons (Fsp3) is 0.667. The highest BCUT2D eigenvalue weighted by atomic mass is 16.5. The predicted octanol–water partition coefficient (Wildman–Crippen LogP) is 5.39. The molecule has 1 N–H and O–H groups in total. The van der Waals surface area contributed by atoms with Gasteiger partial charge in [0.15, 0.2) is 0 Å². The first-order chi connectivity index (χ1) is 9.97. The van der Waals surface area contributed by atoms with Gasteiger partial charge in [-0.3, -0.25) is 0 Å². The van der Waals surface area contributed by atoms with E-state index in [1.165, 1.54) is 64.2 Å². The lowest BCUT2D eigenvalue weighted by molar-refractivity contribution is 0.305. The highest BCUT2D eigenvalue weighted by Crippen LogP contribution is 2.24. The third-order valence-corrected chi connectivity index (χ3v) is 4.03. The summed E-state index contributed by atoms with van der Waals surface area (Å²) in [6, 6.07) is 8.33. The molecule has 0 radical (unpaired) electrons. The number of hydrogen-bond donors (Lipinski definition) is 1. The minimum atomic E-state index is 0.846. The van der Waals surface area contributed by atoms with Crippen LogP contribution in [0.3, 0.4) is 0 Å². The van der Waals surface area contributed by atoms with Crippen LogP contribution in [-0.4, -0.2) is 13.2 Å². The van der Waals surface area contributed by atoms with Gasteiger partial charge in [0.2, 0.25) is 0 Å². The van der Waals surface area contributed by atoms with Crippen LogP contribution in [0.2, 0.25) is 0 Å². The second-order valence-electron chi connectivity index (χ2n) is 5.81. The summed E-state index contributed by atoms with van der Waals surface area (Å²) in [5.41, 5.74) is 1.15. The molecule has 20 heavy (non-hydrogen) atoms. The number of rotatable bonds is 0. The van der Waals surface area contributed by atoms with E-state index in [1.54, 1.807) is 0 Å². The van der Waals surface area contributed by atoms with Crippen molar-refractivity contribution < 1.29 is 4.74 Å². The first-order valence-corrected chi connectivity index (χ1v) is 8.42. The van der Waals surface area contributed by atoms with Crippen LogP contribution in [0.15, 0.2) is 24.3 Å². The zero-order chi connectivity index (χ0) is 13.9. The van der Waals surface area contributed by atoms with Gasteiger partial charge in [-0.1, -0.05) is 63.5 Å². The Morgan fingerprint density at radius 3 is 2.05 bits per heavy atom. The van der Waals surface area contributed by atoms with E-state index in [0.717, 1.165) is 24.6 Å². The number of hydrogen-bond acceptors (Lipinski definition) is 2. The minimum Gasteiger partial charge on any atom is -0.491 e. The summed E-state index contributed by atoms with van der Waals surface area (Å²) < 4.78 is 5.93. The van der Waals surface area contributed by atoms with Gasteiger partial charge in [-0.2, -0.15) is 0 Å². The van der Waals surface area contributed by atoms with E-state index in [4.69, 9.17) is 4.74 Å². The first kappa shape index (κ1) is 15.2. The molecule has 0 bridgehead atoms. The highest BCUT2D eigenvalue weighted by Gasteiger charge is 2.02. The Hall–Kier alpha value is -1.18. The largest absolute Gasteiger partial charge is 0.491 e. The molecule has 1 aromatic rings. The lowest BCUT2D eigenvalue weighted by atomic mass is 10.1. The van der Waals surface area contributed by atoms with Crippen LogP contribution in [0, 0.1) is 0 Å². The van der Waals surface area contributed by atoms with Gasteiger partial charge in [-0.25, -0.2) is 0 Å². The second kappa shape index (κ2) is 9.68. The van der Waals surface area contributed by atoms with Crippen LogP contribution < -0.4 is 10.1 Å². The monoisotopic (exact) mass is 275 g/mol. The Bertz CT molecular complexity index is 329. The third kappa shape index (κ3) is 5.85. The van der Waals surface area contributed by atoms with Crippen LogP contribution in [0.25, 0.3) is 0 Å². The molecule has 112 valence electrons. The van der Waals surface area contributed by atoms with Crippen molar-refractivity contribution in [3.05, 3.63) is 24.3 Å². The van der Waals surface area contributed by atoms with Crippen molar-refractivity contribution in [3.8, 4) is 5.75 Å². The third-order valence-electron chi connectivity index (χ3n) is 4.03. The number of benzene rings is 1. The van der Waals surface area contributed by atoms with E-state index in [0.29, 0.717) is 0 Å². The molecule has 1 heterocycles. The molecule has 2 nitrogen and oxygen atoms in total. The molecule has 0 amide bonds. The maximum Gasteiger partial charge on any atom is 0.142 e. The predicted molar refractivity (Wildman–Crippen MR) is 86.6 cm³/mol. The van der Waals surface area contributed by atoms with Crippen LogP contribution in [-0.2, 0) is 0 Å². The van der Waals surface area contributed by atoms with Gasteiger partial charge >= 0.3 is 0 Å². The first-order valence-electron chi connectivity index (χ1n) is 8.42. The Kier molecular flexibility index (Phi) is 7.36. The van der Waals surface area contributed by atoms with E-state index >= 15 is 0 Å². The van der Waals surface area contributed by atoms with Gasteiger partial charge < -0.3 is 10.1 Å². The number of anilines is 1. The topological polar surface area (TPSA) is 21.3 Å². The van der Waals surface area contributed by atoms with Crippen molar-refractivity contribution in [2.75, 3.05) is 18.5 Å². The van der Waals surface area contributed by atoms with Crippen LogP contribution in [0.4, 0.5) is 5.69 Å². The van der Waals surface area contributed by atoms with Crippen molar-refractivity contribution in [2.24, 2.45) is 0 Å². The lowest BCUT2D eigenvalue weighted by Gasteiger charge is -2.13. The molecule has 0 spiro atoms. The van der Waals surface area contributed by atoms with Crippen molar-refractivity contribution in [1.82, 2.24) is 0 Å². The normalized spacial score (nSPS) is 19.4. The second-order valence-corrected chi connectivity index (χ2v) is 5.81. The number of ether oxygens (including phenoxy) is 1. The van der Waals surface area contributed by atoms with Gasteiger partial charge in [-0.15, -0.1) is 0 Å². The summed E-state index contributed by atoms with van der Waals surface area (Å²) in [5, 5.41) is 3.52. The minimum absolute atomic E-state index is 0.846. The molecule has 1 aromatic carbocycles. The summed E-state index contributed by atoms with van der Waals surface area (Å²) in [5.74, 6) is 1.01. The zero-order valence-corrected chi connectivity index (χ0v) is 12.7. The molecule has 0 aromatic heterocycles. The quantitative estimate of drug-likeness (QED) is 0.685. The summed E-state index contributed by atoms with van der Waals surface area (Å²) in [7, 11) is 0. The van der Waals surface area contributed by atoms with Gasteiger partial charge in [0.05, 0.1) is 12.3 Å². The van der Waals surface area contributed by atoms with Crippen molar-refractivity contribution in [3.63, 3.8) is 0 Å². The fourth-order valence-corrected chi connectivity index (χ4v) is 2.79. The SMILES string of the molecule is c1ccc2c(c1)NCCCCCCCCCCCCO2. The number of para-hydroxylation sites is 2. The molecule has 0 unspecified atom stereocenters. The van der Waals surface area contributed by atoms with Gasteiger partial charge in [0.1, 0.15) is 5.75 Å². The average molecular weight is 275 g/mol. The molecular formula is C18H29NO. The number of nitrogens with one attached hydrogen (secondary N) is 1. The molecule has 1 aliphatic rings. The highest BCUT2D eigenvalue weighted by molar-refractivity contribution is 5.56. The van der Waals surface area contributed by atoms with E-state index in [2.05, 4.69) is 29.6 Å². The summed E-state index contributed by atoms with van der Waals surface area (Å²) in [6.45, 7) is 1.90. The average Bonchev–Trinajstić information content (AvgIpc) is 2.47. The standard InChI is InChI=1S/C18H29NO/c1-2-4-6-8-12-16-20-18-14-10-9-13-17(18)19-15-11-7-5-3-1/h9-10,13-14,19H,1-8,11-12,15-16H2. The van der Waals surface area contributed by atoms with E-state index < -0.39 is 0 Å². The molecule has 0 aliphatic carbocycles. The Balaban J connectivity index is 1.84. The molecule has 0 saturated carbocycles. The molecule has 2 rings (SSSR count). The fourth-order valence-electron chi connectivity index (χ4n) is 2.79. The van der Waals surface area contributed by atoms with Crippen molar-refractivity contribution in [2.45, 2.75) is 64.2 Å². The van der Waals surface area contributed by atoms with E-state index in [-0.39, 0.29) is 0 Å². The Labute approximate surface area is 123 Å². The lowest BCUT2D eigenvalue weighted by Crippen LogP contribution is -2.05. The maximum absolute atomic E-state index is 5.93. The van der Waals surface area contributed by atoms with Crippen molar-refractivity contribution in [1.29, 1.82) is 0 Å². The van der Waals surface area contributed by atoms with Crippen LogP contribution in [0.1, 0.15) is 64.2 Å². The van der Waals surface area contributed by atoms with Gasteiger partial charge in [-0.05, 0) is 25.0 Å². The van der Waals surface area contributed by atoms with Gasteiger partial charge in [0, 0.05) is 6.54 Å². The summed E-state index contributed by atoms with van der Waals surface area (Å²) in [6.07, 6.45) is 13.5. The molecule has 0 fully saturated rings. The zero-order valence-electron chi connectivity index (χ0n) is 12.7. The molecule has 2 heteroatoms. The van der Waals surface area contributed by atoms with E-state index in [9.17, 15) is 0 Å². The molecule has 1 aliphatic heterocycles. The van der Waals surface area contributed by atoms with Gasteiger partial charge in [0.25, 0.3) is 0 Å². The molecule has 0 saturated heterocycles. The summed E-state index contributed by atoms with van der Waals surface area (Å²) >= 11 is 0. The summed E-state index contributed by atoms with van der Waals surface area (Å²) in [4.78, 5) is 0. The Morgan fingerprint density at radius 2 is 1.30 bits per heavy atom. The number of fused-ring (bicyclic) bond motifs is 1. The Morgan fingerprint density at radius 1 is 0.700 bits per heavy atom. The van der Waals surface area contributed by atoms with Crippen LogP contribution in [0.5, 0.6) is 5.75 Å². The van der Waals surface area contributed by atoms with Crippen LogP contribution >= 0.6 is 0 Å². The smallest absolute Gasteiger partial charge is 0.142 e. The molecular weight excluding hydrogens is 246 g/mol. The molecule has 0 atom stereocenters.